The fraction of sp³-hybridized carbons (Fsp3) is 0.182. The molecule has 3 aromatic carbocycles. The molecule has 0 bridgehead atoms. The van der Waals surface area contributed by atoms with E-state index < -0.39 is 0 Å². The van der Waals surface area contributed by atoms with Gasteiger partial charge in [-0.25, -0.2) is 4.68 Å². The first-order valence-corrected chi connectivity index (χ1v) is 14.5. The number of benzene rings is 3. The molecule has 0 radical (unpaired) electrons. The maximum Gasteiger partial charge on any atom is 0.178 e. The molecule has 6 aromatic rings. The van der Waals surface area contributed by atoms with E-state index in [0.29, 0.717) is 31.3 Å². The number of rotatable bonds is 11. The van der Waals surface area contributed by atoms with Gasteiger partial charge in [0.05, 0.1) is 23.9 Å². The zero-order valence-electron chi connectivity index (χ0n) is 22.9. The van der Waals surface area contributed by atoms with Crippen LogP contribution in [0.2, 0.25) is 0 Å². The van der Waals surface area contributed by atoms with Crippen molar-refractivity contribution < 1.29 is 14.0 Å². The van der Waals surface area contributed by atoms with E-state index in [1.165, 1.54) is 0 Å². The Kier molecular flexibility index (Phi) is 7.91. The van der Waals surface area contributed by atoms with Gasteiger partial charge in [0.25, 0.3) is 0 Å². The van der Waals surface area contributed by atoms with Crippen LogP contribution in [0.15, 0.2) is 107 Å². The molecule has 6 rings (SSSR count). The number of nitrogens with zero attached hydrogens (tertiary/aromatic N) is 4. The molecule has 41 heavy (non-hydrogen) atoms. The van der Waals surface area contributed by atoms with Gasteiger partial charge in [0, 0.05) is 12.3 Å². The Bertz CT molecular complexity index is 1680. The molecule has 7 nitrogen and oxygen atoms in total. The summed E-state index contributed by atoms with van der Waals surface area (Å²) in [5, 5.41) is 16.7. The van der Waals surface area contributed by atoms with Gasteiger partial charge in [0.15, 0.2) is 5.76 Å². The number of thiophene rings is 1. The van der Waals surface area contributed by atoms with Crippen molar-refractivity contribution in [2.24, 2.45) is 0 Å². The summed E-state index contributed by atoms with van der Waals surface area (Å²) >= 11 is 1.63. The number of aromatic nitrogens is 4. The molecule has 8 heteroatoms. The third kappa shape index (κ3) is 6.07. The first kappa shape index (κ1) is 26.5. The van der Waals surface area contributed by atoms with Crippen LogP contribution in [0.1, 0.15) is 42.1 Å². The summed E-state index contributed by atoms with van der Waals surface area (Å²) in [6.45, 7) is 5.62. The Morgan fingerprint density at radius 3 is 2.20 bits per heavy atom. The lowest BCUT2D eigenvalue weighted by Crippen LogP contribution is -2.04. The third-order valence-electron chi connectivity index (χ3n) is 6.81. The van der Waals surface area contributed by atoms with Gasteiger partial charge in [-0.1, -0.05) is 84.9 Å². The van der Waals surface area contributed by atoms with E-state index in [2.05, 4.69) is 76.5 Å². The molecule has 3 aromatic heterocycles. The summed E-state index contributed by atoms with van der Waals surface area (Å²) in [7, 11) is 0. The standard InChI is InChI=1S/C33H30N4O3S/c1-23(2)27-17-28(33-32(26-13-16-41-22-26)29(35-40-33)19-37-15-14-34-36-37)31(39-21-25-11-7-4-8-12-25)18-30(27)38-20-24-9-5-3-6-10-24/h3-18,22-23H,19-21H2,1-2H3. The van der Waals surface area contributed by atoms with E-state index in [0.717, 1.165) is 44.8 Å². The van der Waals surface area contributed by atoms with Crippen LogP contribution in [0, 0.1) is 0 Å². The van der Waals surface area contributed by atoms with E-state index in [4.69, 9.17) is 14.0 Å². The second-order valence-corrected chi connectivity index (χ2v) is 10.8. The molecular weight excluding hydrogens is 532 g/mol. The average molecular weight is 563 g/mol. The minimum atomic E-state index is 0.199. The Morgan fingerprint density at radius 2 is 1.59 bits per heavy atom. The van der Waals surface area contributed by atoms with Gasteiger partial charge in [-0.05, 0) is 51.1 Å². The van der Waals surface area contributed by atoms with Crippen LogP contribution in [0.3, 0.4) is 0 Å². The SMILES string of the molecule is CC(C)c1cc(-c2onc(Cn3ccnn3)c2-c2ccsc2)c(OCc2ccccc2)cc1OCc1ccccc1. The molecule has 0 saturated heterocycles. The zero-order valence-corrected chi connectivity index (χ0v) is 23.8. The number of ether oxygens (including phenoxy) is 2. The lowest BCUT2D eigenvalue weighted by Gasteiger charge is -2.19. The van der Waals surface area contributed by atoms with E-state index in [-0.39, 0.29) is 5.92 Å². The van der Waals surface area contributed by atoms with Gasteiger partial charge in [-0.3, -0.25) is 0 Å². The second kappa shape index (κ2) is 12.2. The van der Waals surface area contributed by atoms with Crippen molar-refractivity contribution in [3.63, 3.8) is 0 Å². The summed E-state index contributed by atoms with van der Waals surface area (Å²) in [5.41, 5.74) is 6.79. The van der Waals surface area contributed by atoms with Crippen molar-refractivity contribution in [1.82, 2.24) is 20.2 Å². The monoisotopic (exact) mass is 562 g/mol. The van der Waals surface area contributed by atoms with E-state index in [1.807, 2.05) is 48.7 Å². The normalized spacial score (nSPS) is 11.2. The maximum absolute atomic E-state index is 6.50. The van der Waals surface area contributed by atoms with E-state index >= 15 is 0 Å². The van der Waals surface area contributed by atoms with E-state index in [1.54, 1.807) is 22.2 Å². The van der Waals surface area contributed by atoms with Crippen LogP contribution in [0.25, 0.3) is 22.5 Å². The second-order valence-electron chi connectivity index (χ2n) is 10.0. The van der Waals surface area contributed by atoms with Gasteiger partial charge < -0.3 is 14.0 Å². The van der Waals surface area contributed by atoms with Crippen molar-refractivity contribution in [3.8, 4) is 33.9 Å². The van der Waals surface area contributed by atoms with Crippen LogP contribution in [-0.4, -0.2) is 20.2 Å². The molecule has 0 spiro atoms. The van der Waals surface area contributed by atoms with Gasteiger partial charge in [0.2, 0.25) is 0 Å². The molecule has 0 unspecified atom stereocenters. The number of hydrogen-bond donors (Lipinski definition) is 0. The average Bonchev–Trinajstić information content (AvgIpc) is 3.79. The fourth-order valence-corrected chi connectivity index (χ4v) is 5.36. The molecule has 0 amide bonds. The minimum Gasteiger partial charge on any atom is -0.488 e. The third-order valence-corrected chi connectivity index (χ3v) is 7.49. The maximum atomic E-state index is 6.50. The molecular formula is C33H30N4O3S. The topological polar surface area (TPSA) is 75.2 Å². The van der Waals surface area contributed by atoms with Crippen molar-refractivity contribution in [2.45, 2.75) is 39.5 Å². The summed E-state index contributed by atoms with van der Waals surface area (Å²) in [6.07, 6.45) is 3.47. The molecule has 0 saturated carbocycles. The summed E-state index contributed by atoms with van der Waals surface area (Å²) in [4.78, 5) is 0. The largest absolute Gasteiger partial charge is 0.488 e. The minimum absolute atomic E-state index is 0.199. The fourth-order valence-electron chi connectivity index (χ4n) is 4.71. The highest BCUT2D eigenvalue weighted by Crippen LogP contribution is 2.44. The van der Waals surface area contributed by atoms with E-state index in [9.17, 15) is 0 Å². The molecule has 0 aliphatic heterocycles. The van der Waals surface area contributed by atoms with Crippen molar-refractivity contribution >= 4 is 11.3 Å². The van der Waals surface area contributed by atoms with Crippen molar-refractivity contribution in [1.29, 1.82) is 0 Å². The van der Waals surface area contributed by atoms with Crippen molar-refractivity contribution in [3.05, 3.63) is 124 Å². The highest BCUT2D eigenvalue weighted by Gasteiger charge is 2.25. The zero-order chi connectivity index (χ0) is 28.0. The summed E-state index contributed by atoms with van der Waals surface area (Å²) in [6, 6.07) is 26.5. The predicted octanol–water partition coefficient (Wildman–Crippen LogP) is 7.99. The molecule has 3 heterocycles. The Labute approximate surface area is 243 Å². The molecule has 0 N–H and O–H groups in total. The quantitative estimate of drug-likeness (QED) is 0.159. The molecule has 0 fully saturated rings. The summed E-state index contributed by atoms with van der Waals surface area (Å²) < 4.78 is 20.8. The van der Waals surface area contributed by atoms with Gasteiger partial charge >= 0.3 is 0 Å². The van der Waals surface area contributed by atoms with Crippen LogP contribution in [0.5, 0.6) is 11.5 Å². The Morgan fingerprint density at radius 1 is 0.878 bits per heavy atom. The first-order valence-electron chi connectivity index (χ1n) is 13.5. The lowest BCUT2D eigenvalue weighted by atomic mass is 9.95. The van der Waals surface area contributed by atoms with Crippen LogP contribution in [0.4, 0.5) is 0 Å². The number of hydrogen-bond acceptors (Lipinski definition) is 7. The summed E-state index contributed by atoms with van der Waals surface area (Å²) in [5.74, 6) is 2.30. The molecule has 0 aliphatic rings. The van der Waals surface area contributed by atoms with Crippen LogP contribution in [-0.2, 0) is 19.8 Å². The highest BCUT2D eigenvalue weighted by molar-refractivity contribution is 7.08. The van der Waals surface area contributed by atoms with Crippen LogP contribution >= 0.6 is 11.3 Å². The molecule has 0 atom stereocenters. The lowest BCUT2D eigenvalue weighted by molar-refractivity contribution is 0.287. The smallest absolute Gasteiger partial charge is 0.178 e. The predicted molar refractivity (Wildman–Crippen MR) is 160 cm³/mol. The van der Waals surface area contributed by atoms with Gasteiger partial charge in [-0.2, -0.15) is 11.3 Å². The van der Waals surface area contributed by atoms with Gasteiger partial charge in [-0.15, -0.1) is 5.10 Å². The van der Waals surface area contributed by atoms with Gasteiger partial charge in [0.1, 0.15) is 30.4 Å². The van der Waals surface area contributed by atoms with Crippen LogP contribution < -0.4 is 9.47 Å². The molecule has 0 aliphatic carbocycles. The molecule has 206 valence electrons. The Hall–Kier alpha value is -4.69. The Balaban J connectivity index is 1.45. The highest BCUT2D eigenvalue weighted by atomic mass is 32.1. The first-order chi connectivity index (χ1) is 20.2. The van der Waals surface area contributed by atoms with Crippen molar-refractivity contribution in [2.75, 3.05) is 0 Å².